The first-order chi connectivity index (χ1) is 12.5. The number of rotatable bonds is 7. The third kappa shape index (κ3) is 4.49. The fourth-order valence-corrected chi connectivity index (χ4v) is 3.05. The van der Waals surface area contributed by atoms with Crippen LogP contribution in [-0.2, 0) is 16.1 Å². The van der Waals surface area contributed by atoms with Gasteiger partial charge >= 0.3 is 0 Å². The lowest BCUT2D eigenvalue weighted by atomic mass is 10.1. The van der Waals surface area contributed by atoms with Crippen molar-refractivity contribution < 1.29 is 9.59 Å². The van der Waals surface area contributed by atoms with Gasteiger partial charge in [-0.1, -0.05) is 12.1 Å². The van der Waals surface area contributed by atoms with E-state index < -0.39 is 0 Å². The third-order valence-corrected chi connectivity index (χ3v) is 4.55. The van der Waals surface area contributed by atoms with Crippen LogP contribution in [-0.4, -0.2) is 65.1 Å². The summed E-state index contributed by atoms with van der Waals surface area (Å²) in [5.74, 6) is -0.262. The van der Waals surface area contributed by atoms with Crippen LogP contribution in [0.3, 0.4) is 0 Å². The summed E-state index contributed by atoms with van der Waals surface area (Å²) < 4.78 is 1.78. The largest absolute Gasteiger partial charge is 0.352 e. The molecule has 2 heterocycles. The zero-order chi connectivity index (χ0) is 18.5. The van der Waals surface area contributed by atoms with Crippen molar-refractivity contribution in [3.8, 4) is 5.69 Å². The molecule has 0 saturated carbocycles. The van der Waals surface area contributed by atoms with Crippen LogP contribution in [0.4, 0.5) is 0 Å². The molecular formula is C19H25N5O2. The summed E-state index contributed by atoms with van der Waals surface area (Å²) in [5, 5.41) is 7.18. The normalized spacial score (nSPS) is 17.1. The molecule has 1 fully saturated rings. The number of benzene rings is 1. The molecule has 3 rings (SSSR count). The molecular weight excluding hydrogens is 330 g/mol. The Morgan fingerprint density at radius 2 is 2.19 bits per heavy atom. The summed E-state index contributed by atoms with van der Waals surface area (Å²) in [6.07, 6.45) is 3.91. The van der Waals surface area contributed by atoms with Crippen LogP contribution in [0, 0.1) is 5.92 Å². The van der Waals surface area contributed by atoms with Crippen molar-refractivity contribution in [1.82, 2.24) is 24.9 Å². The maximum atomic E-state index is 12.4. The van der Waals surface area contributed by atoms with Gasteiger partial charge in [-0.25, -0.2) is 4.68 Å². The fourth-order valence-electron chi connectivity index (χ4n) is 3.05. The van der Waals surface area contributed by atoms with Gasteiger partial charge in [0, 0.05) is 45.0 Å². The van der Waals surface area contributed by atoms with E-state index >= 15 is 0 Å². The number of likely N-dealkylation sites (tertiary alicyclic amines) is 1. The molecule has 2 aromatic rings. The average molecular weight is 355 g/mol. The van der Waals surface area contributed by atoms with Crippen LogP contribution >= 0.6 is 0 Å². The smallest absolute Gasteiger partial charge is 0.225 e. The molecule has 1 saturated heterocycles. The van der Waals surface area contributed by atoms with Crippen molar-refractivity contribution in [3.63, 3.8) is 0 Å². The SMILES string of the molecule is CN(C)CCN1C[C@@H](C(=O)NCc2cccc(-n3cccn3)c2)CC1=O. The second-order valence-corrected chi connectivity index (χ2v) is 6.88. The standard InChI is InChI=1S/C19H25N5O2/c1-22(2)9-10-23-14-16(12-18(23)25)19(26)20-13-15-5-3-6-17(11-15)24-8-4-7-21-24/h3-8,11,16H,9-10,12-14H2,1-2H3,(H,20,26)/t16-/m0/s1. The maximum absolute atomic E-state index is 12.4. The van der Waals surface area contributed by atoms with Crippen molar-refractivity contribution in [2.24, 2.45) is 5.92 Å². The molecule has 7 nitrogen and oxygen atoms in total. The molecule has 1 aliphatic rings. The second kappa shape index (κ2) is 8.14. The highest BCUT2D eigenvalue weighted by Gasteiger charge is 2.33. The summed E-state index contributed by atoms with van der Waals surface area (Å²) in [5.41, 5.74) is 1.95. The zero-order valence-electron chi connectivity index (χ0n) is 15.3. The molecule has 2 amide bonds. The van der Waals surface area contributed by atoms with Crippen LogP contribution in [0.25, 0.3) is 5.69 Å². The predicted molar refractivity (Wildman–Crippen MR) is 98.7 cm³/mol. The van der Waals surface area contributed by atoms with Crippen molar-refractivity contribution in [3.05, 3.63) is 48.3 Å². The second-order valence-electron chi connectivity index (χ2n) is 6.88. The van der Waals surface area contributed by atoms with Crippen molar-refractivity contribution >= 4 is 11.8 Å². The molecule has 1 N–H and O–H groups in total. The molecule has 26 heavy (non-hydrogen) atoms. The fraction of sp³-hybridized carbons (Fsp3) is 0.421. The number of nitrogens with one attached hydrogen (secondary N) is 1. The highest BCUT2D eigenvalue weighted by atomic mass is 16.2. The number of nitrogens with zero attached hydrogens (tertiary/aromatic N) is 4. The molecule has 0 aliphatic carbocycles. The van der Waals surface area contributed by atoms with Gasteiger partial charge in [0.05, 0.1) is 11.6 Å². The first-order valence-electron chi connectivity index (χ1n) is 8.82. The van der Waals surface area contributed by atoms with Crippen molar-refractivity contribution in [2.75, 3.05) is 33.7 Å². The van der Waals surface area contributed by atoms with Crippen molar-refractivity contribution in [2.45, 2.75) is 13.0 Å². The van der Waals surface area contributed by atoms with E-state index in [4.69, 9.17) is 0 Å². The minimum atomic E-state index is -0.265. The lowest BCUT2D eigenvalue weighted by Crippen LogP contribution is -2.35. The monoisotopic (exact) mass is 355 g/mol. The van der Waals surface area contributed by atoms with E-state index in [1.54, 1.807) is 15.8 Å². The molecule has 1 aliphatic heterocycles. The number of amides is 2. The Labute approximate surface area is 153 Å². The van der Waals surface area contributed by atoms with Crippen molar-refractivity contribution in [1.29, 1.82) is 0 Å². The van der Waals surface area contributed by atoms with Crippen LogP contribution in [0.5, 0.6) is 0 Å². The average Bonchev–Trinajstić information content (AvgIpc) is 3.28. The number of hydrogen-bond acceptors (Lipinski definition) is 4. The van der Waals surface area contributed by atoms with Crippen LogP contribution in [0.15, 0.2) is 42.7 Å². The molecule has 1 aromatic carbocycles. The lowest BCUT2D eigenvalue weighted by molar-refractivity contribution is -0.129. The van der Waals surface area contributed by atoms with E-state index in [1.807, 2.05) is 55.5 Å². The van der Waals surface area contributed by atoms with Gasteiger partial charge in [-0.2, -0.15) is 5.10 Å². The van der Waals surface area contributed by atoms with E-state index in [9.17, 15) is 9.59 Å². The van der Waals surface area contributed by atoms with Gasteiger partial charge in [0.2, 0.25) is 11.8 Å². The van der Waals surface area contributed by atoms with Gasteiger partial charge in [0.25, 0.3) is 0 Å². The molecule has 0 radical (unpaired) electrons. The summed E-state index contributed by atoms with van der Waals surface area (Å²) >= 11 is 0. The Morgan fingerprint density at radius 3 is 2.92 bits per heavy atom. The van der Waals surface area contributed by atoms with E-state index in [-0.39, 0.29) is 17.7 Å². The molecule has 0 bridgehead atoms. The minimum absolute atomic E-state index is 0.0600. The summed E-state index contributed by atoms with van der Waals surface area (Å²) in [6.45, 7) is 2.42. The van der Waals surface area contributed by atoms with Gasteiger partial charge < -0.3 is 15.1 Å². The highest BCUT2D eigenvalue weighted by molar-refractivity contribution is 5.89. The molecule has 1 aromatic heterocycles. The Balaban J connectivity index is 1.53. The number of likely N-dealkylation sites (N-methyl/N-ethyl adjacent to an activating group) is 1. The first kappa shape index (κ1) is 18.1. The summed E-state index contributed by atoms with van der Waals surface area (Å²) in [6, 6.07) is 9.75. The topological polar surface area (TPSA) is 70.5 Å². The predicted octanol–water partition coefficient (Wildman–Crippen LogP) is 0.899. The highest BCUT2D eigenvalue weighted by Crippen LogP contribution is 2.18. The third-order valence-electron chi connectivity index (χ3n) is 4.55. The quantitative estimate of drug-likeness (QED) is 0.801. The summed E-state index contributed by atoms with van der Waals surface area (Å²) in [4.78, 5) is 28.3. The maximum Gasteiger partial charge on any atom is 0.225 e. The number of aromatic nitrogens is 2. The number of carbonyl (C=O) groups excluding carboxylic acids is 2. The van der Waals surface area contributed by atoms with Gasteiger partial charge in [0.15, 0.2) is 0 Å². The van der Waals surface area contributed by atoms with Gasteiger partial charge in [-0.05, 0) is 37.9 Å². The summed E-state index contributed by atoms with van der Waals surface area (Å²) in [7, 11) is 3.95. The molecule has 0 spiro atoms. The van der Waals surface area contributed by atoms with Crippen LogP contribution < -0.4 is 5.32 Å². The van der Waals surface area contributed by atoms with Crippen LogP contribution in [0.2, 0.25) is 0 Å². The van der Waals surface area contributed by atoms with E-state index in [0.29, 0.717) is 26.1 Å². The minimum Gasteiger partial charge on any atom is -0.352 e. The zero-order valence-corrected chi connectivity index (χ0v) is 15.3. The van der Waals surface area contributed by atoms with Gasteiger partial charge in [0.1, 0.15) is 0 Å². The van der Waals surface area contributed by atoms with E-state index in [2.05, 4.69) is 10.4 Å². The van der Waals surface area contributed by atoms with E-state index in [1.165, 1.54) is 0 Å². The number of hydrogen-bond donors (Lipinski definition) is 1. The molecule has 138 valence electrons. The molecule has 0 unspecified atom stereocenters. The van der Waals surface area contributed by atoms with E-state index in [0.717, 1.165) is 17.8 Å². The molecule has 1 atom stereocenters. The molecule has 7 heteroatoms. The van der Waals surface area contributed by atoms with Gasteiger partial charge in [-0.15, -0.1) is 0 Å². The lowest BCUT2D eigenvalue weighted by Gasteiger charge is -2.19. The Kier molecular flexibility index (Phi) is 5.68. The number of carbonyl (C=O) groups is 2. The first-order valence-corrected chi connectivity index (χ1v) is 8.82. The van der Waals surface area contributed by atoms with Gasteiger partial charge in [-0.3, -0.25) is 9.59 Å². The van der Waals surface area contributed by atoms with Crippen LogP contribution in [0.1, 0.15) is 12.0 Å². The Hall–Kier alpha value is -2.67. The Bertz CT molecular complexity index is 757. The Morgan fingerprint density at radius 1 is 1.35 bits per heavy atom.